The molecule has 19 heavy (non-hydrogen) atoms. The number of benzene rings is 1. The van der Waals surface area contributed by atoms with E-state index in [0.717, 1.165) is 29.1 Å². The number of rotatable bonds is 4. The lowest BCUT2D eigenvalue weighted by molar-refractivity contribution is -0.120. The summed E-state index contributed by atoms with van der Waals surface area (Å²) in [6.45, 7) is 2.25. The van der Waals surface area contributed by atoms with E-state index in [1.165, 1.54) is 19.3 Å². The van der Waals surface area contributed by atoms with Crippen molar-refractivity contribution in [3.8, 4) is 0 Å². The zero-order valence-corrected chi connectivity index (χ0v) is 12.1. The highest BCUT2D eigenvalue weighted by molar-refractivity contribution is 6.31. The van der Waals surface area contributed by atoms with Crippen molar-refractivity contribution in [3.63, 3.8) is 0 Å². The van der Waals surface area contributed by atoms with Gasteiger partial charge in [-0.25, -0.2) is 0 Å². The van der Waals surface area contributed by atoms with Gasteiger partial charge in [-0.15, -0.1) is 0 Å². The van der Waals surface area contributed by atoms with Crippen molar-refractivity contribution < 1.29 is 4.79 Å². The fraction of sp³-hybridized carbons (Fsp3) is 0.533. The first-order valence-corrected chi connectivity index (χ1v) is 7.33. The topological polar surface area (TPSA) is 41.1 Å². The molecule has 0 atom stereocenters. The van der Waals surface area contributed by atoms with Gasteiger partial charge in [0.15, 0.2) is 0 Å². The molecule has 1 aliphatic carbocycles. The molecule has 1 fully saturated rings. The average Bonchev–Trinajstić information content (AvgIpc) is 2.42. The van der Waals surface area contributed by atoms with Gasteiger partial charge in [-0.3, -0.25) is 4.79 Å². The van der Waals surface area contributed by atoms with E-state index in [4.69, 9.17) is 11.6 Å². The number of carbonyl (C=O) groups excluding carboxylic acids is 1. The predicted molar refractivity (Wildman–Crippen MR) is 79.7 cm³/mol. The van der Waals surface area contributed by atoms with Crippen LogP contribution in [-0.4, -0.2) is 18.5 Å². The standard InChI is InChI=1S/C15H21ClN2O/c1-11-13(16)8-5-9-14(11)17-10-15(19)18-12-6-3-2-4-7-12/h5,8-9,12,17H,2-4,6-7,10H2,1H3,(H,18,19). The maximum Gasteiger partial charge on any atom is 0.239 e. The second-order valence-corrected chi connectivity index (χ2v) is 5.58. The van der Waals surface area contributed by atoms with Gasteiger partial charge < -0.3 is 10.6 Å². The maximum absolute atomic E-state index is 11.9. The summed E-state index contributed by atoms with van der Waals surface area (Å²) in [4.78, 5) is 11.9. The quantitative estimate of drug-likeness (QED) is 0.886. The monoisotopic (exact) mass is 280 g/mol. The minimum atomic E-state index is 0.0614. The molecule has 4 heteroatoms. The van der Waals surface area contributed by atoms with Crippen molar-refractivity contribution in [2.24, 2.45) is 0 Å². The predicted octanol–water partition coefficient (Wildman–Crippen LogP) is 3.51. The second-order valence-electron chi connectivity index (χ2n) is 5.17. The molecule has 1 saturated carbocycles. The van der Waals surface area contributed by atoms with Crippen LogP contribution in [-0.2, 0) is 4.79 Å². The Morgan fingerprint density at radius 2 is 2.05 bits per heavy atom. The van der Waals surface area contributed by atoms with E-state index in [0.29, 0.717) is 12.6 Å². The normalized spacial score (nSPS) is 16.1. The van der Waals surface area contributed by atoms with E-state index in [1.807, 2.05) is 25.1 Å². The van der Waals surface area contributed by atoms with Crippen LogP contribution in [0.4, 0.5) is 5.69 Å². The molecule has 0 unspecified atom stereocenters. The third kappa shape index (κ3) is 4.13. The molecule has 0 heterocycles. The van der Waals surface area contributed by atoms with Crippen molar-refractivity contribution in [2.45, 2.75) is 45.1 Å². The van der Waals surface area contributed by atoms with E-state index in [1.54, 1.807) is 0 Å². The Morgan fingerprint density at radius 1 is 1.32 bits per heavy atom. The summed E-state index contributed by atoms with van der Waals surface area (Å²) in [6, 6.07) is 6.04. The highest BCUT2D eigenvalue weighted by Crippen LogP contribution is 2.22. The van der Waals surface area contributed by atoms with Crippen molar-refractivity contribution in [2.75, 3.05) is 11.9 Å². The molecule has 1 aromatic carbocycles. The Balaban J connectivity index is 1.81. The lowest BCUT2D eigenvalue weighted by Crippen LogP contribution is -2.39. The first kappa shape index (κ1) is 14.2. The molecule has 2 rings (SSSR count). The van der Waals surface area contributed by atoms with Crippen LogP contribution in [0.15, 0.2) is 18.2 Å². The summed E-state index contributed by atoms with van der Waals surface area (Å²) in [6.07, 6.45) is 5.98. The summed E-state index contributed by atoms with van der Waals surface area (Å²) < 4.78 is 0. The van der Waals surface area contributed by atoms with Gasteiger partial charge in [0.25, 0.3) is 0 Å². The van der Waals surface area contributed by atoms with Crippen LogP contribution >= 0.6 is 11.6 Å². The third-order valence-electron chi connectivity index (χ3n) is 3.68. The summed E-state index contributed by atoms with van der Waals surface area (Å²) in [7, 11) is 0. The first-order chi connectivity index (χ1) is 9.16. The van der Waals surface area contributed by atoms with Gasteiger partial charge in [0.1, 0.15) is 0 Å². The molecule has 0 saturated heterocycles. The Morgan fingerprint density at radius 3 is 2.79 bits per heavy atom. The molecule has 1 aromatic rings. The summed E-state index contributed by atoms with van der Waals surface area (Å²) in [5.41, 5.74) is 1.90. The molecule has 1 aliphatic rings. The Labute approximate surface area is 119 Å². The number of amides is 1. The number of nitrogens with one attached hydrogen (secondary N) is 2. The molecule has 0 radical (unpaired) electrons. The van der Waals surface area contributed by atoms with Crippen molar-refractivity contribution in [1.82, 2.24) is 5.32 Å². The fourth-order valence-electron chi connectivity index (χ4n) is 2.50. The zero-order chi connectivity index (χ0) is 13.7. The minimum absolute atomic E-state index is 0.0614. The Bertz CT molecular complexity index is 442. The molecule has 2 N–H and O–H groups in total. The largest absolute Gasteiger partial charge is 0.376 e. The van der Waals surface area contributed by atoms with E-state index < -0.39 is 0 Å². The molecule has 0 spiro atoms. The van der Waals surface area contributed by atoms with E-state index in [-0.39, 0.29) is 5.91 Å². The molecule has 1 amide bonds. The summed E-state index contributed by atoms with van der Waals surface area (Å²) >= 11 is 6.04. The lowest BCUT2D eigenvalue weighted by atomic mass is 9.95. The van der Waals surface area contributed by atoms with Gasteiger partial charge in [0.05, 0.1) is 6.54 Å². The summed E-state index contributed by atoms with van der Waals surface area (Å²) in [5, 5.41) is 6.96. The fourth-order valence-corrected chi connectivity index (χ4v) is 2.67. The SMILES string of the molecule is Cc1c(Cl)cccc1NCC(=O)NC1CCCCC1. The van der Waals surface area contributed by atoms with Crippen LogP contribution in [0.25, 0.3) is 0 Å². The van der Waals surface area contributed by atoms with Crippen LogP contribution in [0, 0.1) is 6.92 Å². The summed E-state index contributed by atoms with van der Waals surface area (Å²) in [5.74, 6) is 0.0614. The van der Waals surface area contributed by atoms with E-state index >= 15 is 0 Å². The van der Waals surface area contributed by atoms with Crippen LogP contribution in [0.3, 0.4) is 0 Å². The number of carbonyl (C=O) groups is 1. The second kappa shape index (κ2) is 6.80. The van der Waals surface area contributed by atoms with Gasteiger partial charge in [0.2, 0.25) is 5.91 Å². The highest BCUT2D eigenvalue weighted by atomic mass is 35.5. The molecule has 0 aliphatic heterocycles. The van der Waals surface area contributed by atoms with E-state index in [2.05, 4.69) is 10.6 Å². The molecular formula is C15H21ClN2O. The van der Waals surface area contributed by atoms with Gasteiger partial charge >= 0.3 is 0 Å². The van der Waals surface area contributed by atoms with Gasteiger partial charge in [0, 0.05) is 16.8 Å². The van der Waals surface area contributed by atoms with Crippen LogP contribution < -0.4 is 10.6 Å². The molecule has 0 bridgehead atoms. The van der Waals surface area contributed by atoms with Crippen molar-refractivity contribution in [1.29, 1.82) is 0 Å². The van der Waals surface area contributed by atoms with Gasteiger partial charge in [-0.05, 0) is 37.5 Å². The Kier molecular flexibility index (Phi) is 5.08. The van der Waals surface area contributed by atoms with Crippen LogP contribution in [0.2, 0.25) is 5.02 Å². The van der Waals surface area contributed by atoms with Crippen molar-refractivity contribution >= 4 is 23.2 Å². The van der Waals surface area contributed by atoms with Crippen LogP contribution in [0.5, 0.6) is 0 Å². The molecule has 0 aromatic heterocycles. The smallest absolute Gasteiger partial charge is 0.239 e. The van der Waals surface area contributed by atoms with Crippen LogP contribution in [0.1, 0.15) is 37.7 Å². The number of hydrogen-bond acceptors (Lipinski definition) is 2. The third-order valence-corrected chi connectivity index (χ3v) is 4.09. The Hall–Kier alpha value is -1.22. The van der Waals surface area contributed by atoms with E-state index in [9.17, 15) is 4.79 Å². The first-order valence-electron chi connectivity index (χ1n) is 6.95. The molecule has 104 valence electrons. The number of hydrogen-bond donors (Lipinski definition) is 2. The average molecular weight is 281 g/mol. The number of anilines is 1. The maximum atomic E-state index is 11.9. The number of halogens is 1. The highest BCUT2D eigenvalue weighted by Gasteiger charge is 2.15. The molecular weight excluding hydrogens is 260 g/mol. The van der Waals surface area contributed by atoms with Gasteiger partial charge in [-0.1, -0.05) is 36.9 Å². The lowest BCUT2D eigenvalue weighted by Gasteiger charge is -2.23. The van der Waals surface area contributed by atoms with Crippen molar-refractivity contribution in [3.05, 3.63) is 28.8 Å². The molecule has 3 nitrogen and oxygen atoms in total. The zero-order valence-electron chi connectivity index (χ0n) is 11.3. The van der Waals surface area contributed by atoms with Gasteiger partial charge in [-0.2, -0.15) is 0 Å². The minimum Gasteiger partial charge on any atom is -0.376 e.